The van der Waals surface area contributed by atoms with Crippen molar-refractivity contribution in [2.75, 3.05) is 6.54 Å². The van der Waals surface area contributed by atoms with Gasteiger partial charge in [-0.15, -0.1) is 0 Å². The fourth-order valence-corrected chi connectivity index (χ4v) is 2.17. The van der Waals surface area contributed by atoms with Crippen LogP contribution in [0.3, 0.4) is 0 Å². The molecule has 2 rings (SSSR count). The van der Waals surface area contributed by atoms with Gasteiger partial charge in [-0.3, -0.25) is 10.1 Å². The van der Waals surface area contributed by atoms with Crippen molar-refractivity contribution in [3.05, 3.63) is 38.9 Å². The maximum atomic E-state index is 10.9. The molecule has 1 aliphatic rings. The highest BCUT2D eigenvalue weighted by atomic mass is 35.5. The Balaban J connectivity index is 1.81. The molecule has 0 spiro atoms. The van der Waals surface area contributed by atoms with Gasteiger partial charge in [0.15, 0.2) is 0 Å². The molecular formula is C13H17ClN2O2. The first-order valence-corrected chi connectivity index (χ1v) is 6.68. The van der Waals surface area contributed by atoms with E-state index in [1.165, 1.54) is 25.3 Å². The zero-order valence-corrected chi connectivity index (χ0v) is 10.9. The van der Waals surface area contributed by atoms with Crippen LogP contribution in [0.2, 0.25) is 5.02 Å². The zero-order valence-electron chi connectivity index (χ0n) is 10.2. The Kier molecular flexibility index (Phi) is 4.55. The van der Waals surface area contributed by atoms with Crippen LogP contribution in [0, 0.1) is 16.0 Å². The topological polar surface area (TPSA) is 55.2 Å². The molecule has 18 heavy (non-hydrogen) atoms. The number of hydrogen-bond acceptors (Lipinski definition) is 3. The van der Waals surface area contributed by atoms with Crippen molar-refractivity contribution >= 4 is 17.3 Å². The number of nitro groups is 1. The number of halogens is 1. The number of hydrogen-bond donors (Lipinski definition) is 1. The van der Waals surface area contributed by atoms with Gasteiger partial charge < -0.3 is 5.32 Å². The molecule has 0 radical (unpaired) electrons. The first-order chi connectivity index (χ1) is 8.66. The molecule has 0 saturated heterocycles. The lowest BCUT2D eigenvalue weighted by Crippen LogP contribution is -2.15. The van der Waals surface area contributed by atoms with E-state index in [0.717, 1.165) is 18.9 Å². The van der Waals surface area contributed by atoms with Gasteiger partial charge in [-0.1, -0.05) is 24.4 Å². The van der Waals surface area contributed by atoms with E-state index in [-0.39, 0.29) is 10.6 Å². The summed E-state index contributed by atoms with van der Waals surface area (Å²) < 4.78 is 0. The minimum atomic E-state index is -0.382. The van der Waals surface area contributed by atoms with Crippen molar-refractivity contribution in [2.45, 2.75) is 32.2 Å². The summed E-state index contributed by atoms with van der Waals surface area (Å²) in [6, 6.07) is 4.81. The van der Waals surface area contributed by atoms with Gasteiger partial charge in [0.2, 0.25) is 0 Å². The molecule has 0 heterocycles. The van der Waals surface area contributed by atoms with Gasteiger partial charge in [-0.25, -0.2) is 0 Å². The molecule has 1 aromatic carbocycles. The lowest BCUT2D eigenvalue weighted by molar-refractivity contribution is -0.385. The average molecular weight is 269 g/mol. The first kappa shape index (κ1) is 13.3. The van der Waals surface area contributed by atoms with E-state index >= 15 is 0 Å². The smallest absolute Gasteiger partial charge is 0.275 e. The Morgan fingerprint density at radius 1 is 1.44 bits per heavy atom. The second-order valence-electron chi connectivity index (χ2n) is 4.79. The van der Waals surface area contributed by atoms with E-state index < -0.39 is 0 Å². The summed E-state index contributed by atoms with van der Waals surface area (Å²) in [7, 11) is 0. The molecular weight excluding hydrogens is 252 g/mol. The largest absolute Gasteiger partial charge is 0.312 e. The predicted octanol–water partition coefficient (Wildman–Crippen LogP) is 3.53. The Bertz CT molecular complexity index is 433. The van der Waals surface area contributed by atoms with Crippen LogP contribution in [0.15, 0.2) is 18.2 Å². The van der Waals surface area contributed by atoms with Gasteiger partial charge in [0.1, 0.15) is 0 Å². The summed E-state index contributed by atoms with van der Waals surface area (Å²) in [5, 5.41) is 14.5. The third-order valence-electron chi connectivity index (χ3n) is 3.22. The van der Waals surface area contributed by atoms with Crippen molar-refractivity contribution < 1.29 is 4.92 Å². The summed E-state index contributed by atoms with van der Waals surface area (Å²) in [4.78, 5) is 10.5. The molecule has 4 nitrogen and oxygen atoms in total. The highest BCUT2D eigenvalue weighted by Crippen LogP contribution is 2.33. The molecule has 5 heteroatoms. The van der Waals surface area contributed by atoms with Crippen LogP contribution in [0.4, 0.5) is 5.69 Å². The summed E-state index contributed by atoms with van der Waals surface area (Å²) in [5.74, 6) is 0.941. The van der Waals surface area contributed by atoms with Crippen LogP contribution in [-0.2, 0) is 6.54 Å². The van der Waals surface area contributed by atoms with E-state index in [1.54, 1.807) is 12.1 Å². The van der Waals surface area contributed by atoms with Crippen molar-refractivity contribution in [1.82, 2.24) is 5.32 Å². The SMILES string of the molecule is O=[N+]([O-])c1cc(Cl)ccc1CNCCCC1CC1. The second-order valence-corrected chi connectivity index (χ2v) is 5.23. The summed E-state index contributed by atoms with van der Waals surface area (Å²) in [6.45, 7) is 1.44. The summed E-state index contributed by atoms with van der Waals surface area (Å²) in [5.41, 5.74) is 0.785. The minimum absolute atomic E-state index is 0.0946. The van der Waals surface area contributed by atoms with Gasteiger partial charge in [-0.2, -0.15) is 0 Å². The number of nitrogens with one attached hydrogen (secondary N) is 1. The molecule has 0 aliphatic heterocycles. The number of benzene rings is 1. The second kappa shape index (κ2) is 6.16. The lowest BCUT2D eigenvalue weighted by Gasteiger charge is -2.05. The van der Waals surface area contributed by atoms with E-state index in [9.17, 15) is 10.1 Å². The average Bonchev–Trinajstić information content (AvgIpc) is 3.14. The van der Waals surface area contributed by atoms with Gasteiger partial charge in [0, 0.05) is 23.2 Å². The van der Waals surface area contributed by atoms with Crippen LogP contribution in [-0.4, -0.2) is 11.5 Å². The van der Waals surface area contributed by atoms with Crippen molar-refractivity contribution in [1.29, 1.82) is 0 Å². The molecule has 1 aromatic rings. The predicted molar refractivity (Wildman–Crippen MR) is 71.8 cm³/mol. The Hall–Kier alpha value is -1.13. The lowest BCUT2D eigenvalue weighted by atomic mass is 10.1. The van der Waals surface area contributed by atoms with Crippen LogP contribution in [0.5, 0.6) is 0 Å². The van der Waals surface area contributed by atoms with E-state index in [1.807, 2.05) is 0 Å². The maximum absolute atomic E-state index is 10.9. The molecule has 1 aliphatic carbocycles. The number of nitrogens with zero attached hydrogens (tertiary/aromatic N) is 1. The minimum Gasteiger partial charge on any atom is -0.312 e. The summed E-state index contributed by atoms with van der Waals surface area (Å²) in [6.07, 6.45) is 5.17. The monoisotopic (exact) mass is 268 g/mol. The molecule has 0 amide bonds. The molecule has 1 fully saturated rings. The molecule has 0 atom stereocenters. The Morgan fingerprint density at radius 3 is 2.89 bits per heavy atom. The third kappa shape index (κ3) is 3.96. The zero-order chi connectivity index (χ0) is 13.0. The number of rotatable bonds is 7. The van der Waals surface area contributed by atoms with E-state index in [2.05, 4.69) is 5.32 Å². The highest BCUT2D eigenvalue weighted by molar-refractivity contribution is 6.30. The molecule has 0 aromatic heterocycles. The molecule has 0 bridgehead atoms. The molecule has 98 valence electrons. The first-order valence-electron chi connectivity index (χ1n) is 6.30. The number of nitro benzene ring substituents is 1. The van der Waals surface area contributed by atoms with Gasteiger partial charge >= 0.3 is 0 Å². The standard InChI is InChI=1S/C13H17ClN2O2/c14-12-6-5-11(13(8-12)16(17)18)9-15-7-1-2-10-3-4-10/h5-6,8,10,15H,1-4,7,9H2. The maximum Gasteiger partial charge on any atom is 0.275 e. The van der Waals surface area contributed by atoms with Crippen LogP contribution >= 0.6 is 11.6 Å². The van der Waals surface area contributed by atoms with E-state index in [4.69, 9.17) is 11.6 Å². The Labute approximate surface area is 111 Å². The Morgan fingerprint density at radius 2 is 2.22 bits per heavy atom. The fourth-order valence-electron chi connectivity index (χ4n) is 2.00. The normalized spacial score (nSPS) is 14.7. The van der Waals surface area contributed by atoms with Crippen molar-refractivity contribution in [3.63, 3.8) is 0 Å². The van der Waals surface area contributed by atoms with E-state index in [0.29, 0.717) is 17.1 Å². The summed E-state index contributed by atoms with van der Waals surface area (Å²) >= 11 is 5.76. The van der Waals surface area contributed by atoms with Crippen LogP contribution < -0.4 is 5.32 Å². The quantitative estimate of drug-likeness (QED) is 0.468. The van der Waals surface area contributed by atoms with Gasteiger partial charge in [0.05, 0.1) is 4.92 Å². The third-order valence-corrected chi connectivity index (χ3v) is 3.46. The highest BCUT2D eigenvalue weighted by Gasteiger charge is 2.20. The fraction of sp³-hybridized carbons (Fsp3) is 0.538. The molecule has 1 N–H and O–H groups in total. The van der Waals surface area contributed by atoms with Crippen molar-refractivity contribution in [2.24, 2.45) is 5.92 Å². The van der Waals surface area contributed by atoms with Crippen molar-refractivity contribution in [3.8, 4) is 0 Å². The molecule has 1 saturated carbocycles. The van der Waals surface area contributed by atoms with Gasteiger partial charge in [-0.05, 0) is 37.4 Å². The molecule has 0 unspecified atom stereocenters. The van der Waals surface area contributed by atoms with Crippen LogP contribution in [0.25, 0.3) is 0 Å². The van der Waals surface area contributed by atoms with Crippen LogP contribution in [0.1, 0.15) is 31.2 Å². The van der Waals surface area contributed by atoms with Gasteiger partial charge in [0.25, 0.3) is 5.69 Å².